The number of benzene rings is 1. The van der Waals surface area contributed by atoms with Crippen molar-refractivity contribution in [2.45, 2.75) is 19.6 Å². The molecule has 3 rings (SSSR count). The first-order valence-corrected chi connectivity index (χ1v) is 7.59. The van der Waals surface area contributed by atoms with Gasteiger partial charge >= 0.3 is 5.97 Å². The van der Waals surface area contributed by atoms with E-state index in [1.165, 1.54) is 31.5 Å². The molecule has 0 spiro atoms. The van der Waals surface area contributed by atoms with E-state index >= 15 is 0 Å². The fourth-order valence-corrected chi connectivity index (χ4v) is 2.21. The van der Waals surface area contributed by atoms with Gasteiger partial charge < -0.3 is 24.7 Å². The molecule has 1 aliphatic rings. The number of nitrogens with zero attached hydrogens (tertiary/aromatic N) is 1. The summed E-state index contributed by atoms with van der Waals surface area (Å²) in [7, 11) is 0. The third kappa shape index (κ3) is 3.97. The highest BCUT2D eigenvalue weighted by Gasteiger charge is 2.20. The Hall–Kier alpha value is -3.29. The first-order chi connectivity index (χ1) is 12.0. The number of hydrogen-bond acceptors (Lipinski definition) is 6. The maximum atomic E-state index is 12.1. The summed E-state index contributed by atoms with van der Waals surface area (Å²) in [5.74, 6) is 0.192. The SMILES string of the molecule is C[C@@H](OC(=O)c1cc[n+]([O-])cc1)C(=O)NCc1ccc2c(c1)OCO2. The summed E-state index contributed by atoms with van der Waals surface area (Å²) in [5.41, 5.74) is 1.03. The van der Waals surface area contributed by atoms with Crippen LogP contribution in [0.2, 0.25) is 0 Å². The van der Waals surface area contributed by atoms with Crippen LogP contribution in [-0.4, -0.2) is 24.8 Å². The summed E-state index contributed by atoms with van der Waals surface area (Å²) in [4.78, 5) is 24.0. The van der Waals surface area contributed by atoms with Crippen LogP contribution in [0.4, 0.5) is 0 Å². The number of ether oxygens (including phenoxy) is 3. The molecule has 1 atom stereocenters. The van der Waals surface area contributed by atoms with Crippen LogP contribution in [0.3, 0.4) is 0 Å². The number of carbonyl (C=O) groups excluding carboxylic acids is 2. The van der Waals surface area contributed by atoms with Gasteiger partial charge in [-0.05, 0) is 24.6 Å². The maximum absolute atomic E-state index is 12.1. The molecule has 8 nitrogen and oxygen atoms in total. The Kier molecular flexibility index (Phi) is 4.69. The topological polar surface area (TPSA) is 101 Å². The van der Waals surface area contributed by atoms with Gasteiger partial charge in [-0.3, -0.25) is 4.79 Å². The number of hydrogen-bond donors (Lipinski definition) is 1. The molecule has 1 aromatic carbocycles. The molecule has 1 amide bonds. The number of nitrogens with one attached hydrogen (secondary N) is 1. The molecule has 0 radical (unpaired) electrons. The normalized spacial score (nSPS) is 13.2. The van der Waals surface area contributed by atoms with E-state index in [1.54, 1.807) is 12.1 Å². The molecule has 0 bridgehead atoms. The van der Waals surface area contributed by atoms with Crippen molar-refractivity contribution < 1.29 is 28.5 Å². The Morgan fingerprint density at radius 3 is 2.72 bits per heavy atom. The second kappa shape index (κ2) is 7.08. The van der Waals surface area contributed by atoms with Gasteiger partial charge in [-0.1, -0.05) is 6.07 Å². The van der Waals surface area contributed by atoms with Crippen molar-refractivity contribution in [1.29, 1.82) is 0 Å². The standard InChI is InChI=1S/C17H16N2O6/c1-11(25-17(21)13-4-6-19(22)7-5-13)16(20)18-9-12-2-3-14-15(8-12)24-10-23-14/h2-8,11H,9-10H2,1H3,(H,18,20)/t11-/m1/s1. The summed E-state index contributed by atoms with van der Waals surface area (Å²) in [5, 5.41) is 13.6. The number of pyridine rings is 1. The molecule has 130 valence electrons. The van der Waals surface area contributed by atoms with Crippen LogP contribution in [0.25, 0.3) is 0 Å². The lowest BCUT2D eigenvalue weighted by atomic mass is 10.2. The first kappa shape index (κ1) is 16.6. The highest BCUT2D eigenvalue weighted by molar-refractivity contribution is 5.91. The molecule has 2 heterocycles. The number of carbonyl (C=O) groups is 2. The van der Waals surface area contributed by atoms with Crippen molar-refractivity contribution in [1.82, 2.24) is 5.32 Å². The molecule has 0 saturated carbocycles. The Morgan fingerprint density at radius 2 is 1.96 bits per heavy atom. The highest BCUT2D eigenvalue weighted by atomic mass is 16.7. The summed E-state index contributed by atoms with van der Waals surface area (Å²) >= 11 is 0. The lowest BCUT2D eigenvalue weighted by molar-refractivity contribution is -0.605. The van der Waals surface area contributed by atoms with Crippen molar-refractivity contribution in [2.24, 2.45) is 0 Å². The zero-order chi connectivity index (χ0) is 17.8. The first-order valence-electron chi connectivity index (χ1n) is 7.59. The van der Waals surface area contributed by atoms with Crippen LogP contribution >= 0.6 is 0 Å². The minimum Gasteiger partial charge on any atom is -0.619 e. The van der Waals surface area contributed by atoms with Gasteiger partial charge in [0.05, 0.1) is 5.56 Å². The Balaban J connectivity index is 1.52. The fourth-order valence-electron chi connectivity index (χ4n) is 2.21. The van der Waals surface area contributed by atoms with E-state index in [4.69, 9.17) is 14.2 Å². The second-order valence-corrected chi connectivity index (χ2v) is 5.40. The number of amides is 1. The van der Waals surface area contributed by atoms with Crippen LogP contribution in [0.5, 0.6) is 11.5 Å². The Labute approximate surface area is 143 Å². The summed E-state index contributed by atoms with van der Waals surface area (Å²) in [6.45, 7) is 1.92. The number of rotatable bonds is 5. The van der Waals surface area contributed by atoms with Crippen LogP contribution < -0.4 is 19.5 Å². The zero-order valence-corrected chi connectivity index (χ0v) is 13.4. The van der Waals surface area contributed by atoms with E-state index in [0.717, 1.165) is 5.56 Å². The predicted molar refractivity (Wildman–Crippen MR) is 84.7 cm³/mol. The van der Waals surface area contributed by atoms with Gasteiger partial charge in [0.2, 0.25) is 6.79 Å². The van der Waals surface area contributed by atoms with Crippen LogP contribution in [0, 0.1) is 5.21 Å². The monoisotopic (exact) mass is 344 g/mol. The molecular formula is C17H16N2O6. The molecule has 2 aromatic rings. The van der Waals surface area contributed by atoms with Crippen LogP contribution in [-0.2, 0) is 16.1 Å². The second-order valence-electron chi connectivity index (χ2n) is 5.40. The number of aromatic nitrogens is 1. The quantitative estimate of drug-likeness (QED) is 0.491. The van der Waals surface area contributed by atoms with Gasteiger partial charge in [0.25, 0.3) is 5.91 Å². The molecule has 25 heavy (non-hydrogen) atoms. The van der Waals surface area contributed by atoms with E-state index in [-0.39, 0.29) is 18.9 Å². The Bertz CT molecular complexity index is 790. The lowest BCUT2D eigenvalue weighted by Gasteiger charge is -2.13. The molecule has 0 aliphatic carbocycles. The third-order valence-corrected chi connectivity index (χ3v) is 3.59. The summed E-state index contributed by atoms with van der Waals surface area (Å²) < 4.78 is 16.1. The largest absolute Gasteiger partial charge is 0.619 e. The average Bonchev–Trinajstić information content (AvgIpc) is 3.07. The minimum atomic E-state index is -0.971. The van der Waals surface area contributed by atoms with Crippen molar-refractivity contribution in [2.75, 3.05) is 6.79 Å². The van der Waals surface area contributed by atoms with E-state index in [0.29, 0.717) is 16.2 Å². The van der Waals surface area contributed by atoms with Crippen molar-refractivity contribution >= 4 is 11.9 Å². The predicted octanol–water partition coefficient (Wildman–Crippen LogP) is 0.910. The molecule has 0 unspecified atom stereocenters. The maximum Gasteiger partial charge on any atom is 0.339 e. The van der Waals surface area contributed by atoms with Gasteiger partial charge in [0, 0.05) is 18.7 Å². The van der Waals surface area contributed by atoms with Crippen molar-refractivity contribution in [3.05, 3.63) is 59.1 Å². The van der Waals surface area contributed by atoms with E-state index in [9.17, 15) is 14.8 Å². The average molecular weight is 344 g/mol. The molecular weight excluding hydrogens is 328 g/mol. The zero-order valence-electron chi connectivity index (χ0n) is 13.4. The van der Waals surface area contributed by atoms with Gasteiger partial charge in [-0.25, -0.2) is 4.79 Å². The van der Waals surface area contributed by atoms with Gasteiger partial charge in [0.15, 0.2) is 30.0 Å². The number of esters is 1. The third-order valence-electron chi connectivity index (χ3n) is 3.59. The van der Waals surface area contributed by atoms with Crippen molar-refractivity contribution in [3.63, 3.8) is 0 Å². The highest BCUT2D eigenvalue weighted by Crippen LogP contribution is 2.32. The van der Waals surface area contributed by atoms with E-state index in [2.05, 4.69) is 5.32 Å². The van der Waals surface area contributed by atoms with Gasteiger partial charge in [0.1, 0.15) is 0 Å². The van der Waals surface area contributed by atoms with Crippen LogP contribution in [0.15, 0.2) is 42.7 Å². The number of fused-ring (bicyclic) bond motifs is 1. The molecule has 1 aromatic heterocycles. The molecule has 0 fully saturated rings. The smallest absolute Gasteiger partial charge is 0.339 e. The Morgan fingerprint density at radius 1 is 1.24 bits per heavy atom. The van der Waals surface area contributed by atoms with Gasteiger partial charge in [-0.2, -0.15) is 4.73 Å². The molecule has 0 saturated heterocycles. The minimum absolute atomic E-state index is 0.184. The van der Waals surface area contributed by atoms with Gasteiger partial charge in [-0.15, -0.1) is 0 Å². The molecule has 1 N–H and O–H groups in total. The van der Waals surface area contributed by atoms with Crippen LogP contribution in [0.1, 0.15) is 22.8 Å². The lowest BCUT2D eigenvalue weighted by Crippen LogP contribution is -2.35. The fraction of sp³-hybridized carbons (Fsp3) is 0.235. The van der Waals surface area contributed by atoms with Crippen molar-refractivity contribution in [3.8, 4) is 11.5 Å². The van der Waals surface area contributed by atoms with E-state index < -0.39 is 18.0 Å². The molecule has 1 aliphatic heterocycles. The molecule has 8 heteroatoms. The summed E-state index contributed by atoms with van der Waals surface area (Å²) in [6.07, 6.45) is 1.39. The summed E-state index contributed by atoms with van der Waals surface area (Å²) in [6, 6.07) is 8.01. The van der Waals surface area contributed by atoms with E-state index in [1.807, 2.05) is 6.07 Å².